The first-order chi connectivity index (χ1) is 23.8. The lowest BCUT2D eigenvalue weighted by molar-refractivity contribution is -0.116. The van der Waals surface area contributed by atoms with Crippen molar-refractivity contribution in [3.63, 3.8) is 0 Å². The Hall–Kier alpha value is -5.10. The number of nitrogens with zero attached hydrogens (tertiary/aromatic N) is 1. The van der Waals surface area contributed by atoms with Crippen LogP contribution in [0.2, 0.25) is 5.02 Å². The third-order valence-corrected chi connectivity index (χ3v) is 9.64. The standard InChI is InChI=1S/C37H33ClN4O5S2/c1-4-33(36(45)42-37-41-30(22-48-37)25-17-18-31(46-2)32(20-25)47-3)49-27-15-10-14-26(21-27)39-35(44)29(19-24-13-8-9-16-28(24)38)40-34(43)23-11-6-5-7-12-23/h5-22,33H,4H2,1-3H3,(H,39,44)(H,40,43)(H,41,42,45)/b29-19+. The van der Waals surface area contributed by atoms with Crippen molar-refractivity contribution in [1.82, 2.24) is 10.3 Å². The molecule has 0 saturated carbocycles. The van der Waals surface area contributed by atoms with Gasteiger partial charge in [-0.1, -0.05) is 61.0 Å². The van der Waals surface area contributed by atoms with E-state index in [1.165, 1.54) is 29.2 Å². The highest BCUT2D eigenvalue weighted by Gasteiger charge is 2.21. The lowest BCUT2D eigenvalue weighted by Crippen LogP contribution is -2.30. The van der Waals surface area contributed by atoms with Crippen LogP contribution in [0.5, 0.6) is 11.5 Å². The molecular formula is C37H33ClN4O5S2. The van der Waals surface area contributed by atoms with Crippen LogP contribution in [0.3, 0.4) is 0 Å². The molecule has 1 aromatic heterocycles. The number of carbonyl (C=O) groups is 3. The van der Waals surface area contributed by atoms with E-state index in [0.717, 1.165) is 10.5 Å². The third-order valence-electron chi connectivity index (χ3n) is 7.18. The summed E-state index contributed by atoms with van der Waals surface area (Å²) in [5.74, 6) is 0.0367. The van der Waals surface area contributed by atoms with Gasteiger partial charge in [-0.2, -0.15) is 0 Å². The quantitative estimate of drug-likeness (QED) is 0.0829. The Morgan fingerprint density at radius 2 is 1.65 bits per heavy atom. The van der Waals surface area contributed by atoms with E-state index in [1.807, 2.05) is 36.6 Å². The van der Waals surface area contributed by atoms with Gasteiger partial charge in [-0.3, -0.25) is 14.4 Å². The van der Waals surface area contributed by atoms with E-state index in [9.17, 15) is 14.4 Å². The van der Waals surface area contributed by atoms with Crippen molar-refractivity contribution in [3.05, 3.63) is 124 Å². The van der Waals surface area contributed by atoms with Gasteiger partial charge in [-0.05, 0) is 72.7 Å². The maximum absolute atomic E-state index is 13.5. The molecule has 0 aliphatic carbocycles. The summed E-state index contributed by atoms with van der Waals surface area (Å²) in [6.45, 7) is 1.93. The molecule has 0 fully saturated rings. The summed E-state index contributed by atoms with van der Waals surface area (Å²) < 4.78 is 10.7. The number of hydrogen-bond acceptors (Lipinski definition) is 8. The summed E-state index contributed by atoms with van der Waals surface area (Å²) in [7, 11) is 3.15. The second kappa shape index (κ2) is 16.8. The number of benzene rings is 4. The molecule has 9 nitrogen and oxygen atoms in total. The zero-order chi connectivity index (χ0) is 34.8. The van der Waals surface area contributed by atoms with Gasteiger partial charge >= 0.3 is 0 Å². The summed E-state index contributed by atoms with van der Waals surface area (Å²) in [6, 6.07) is 28.3. The van der Waals surface area contributed by atoms with E-state index in [-0.39, 0.29) is 11.6 Å². The first-order valence-electron chi connectivity index (χ1n) is 15.2. The molecule has 5 rings (SSSR count). The maximum atomic E-state index is 13.5. The first-order valence-corrected chi connectivity index (χ1v) is 17.3. The van der Waals surface area contributed by atoms with E-state index in [1.54, 1.807) is 87.0 Å². The number of carbonyl (C=O) groups excluding carboxylic acids is 3. The molecular weight excluding hydrogens is 680 g/mol. The molecule has 1 unspecified atom stereocenters. The van der Waals surface area contributed by atoms with Crippen molar-refractivity contribution in [3.8, 4) is 22.8 Å². The van der Waals surface area contributed by atoms with Crippen LogP contribution in [-0.4, -0.2) is 42.2 Å². The number of aromatic nitrogens is 1. The Kier molecular flexibility index (Phi) is 12.1. The van der Waals surface area contributed by atoms with Crippen molar-refractivity contribution < 1.29 is 23.9 Å². The average molecular weight is 713 g/mol. The molecule has 1 atom stereocenters. The number of amides is 3. The summed E-state index contributed by atoms with van der Waals surface area (Å²) in [4.78, 5) is 45.2. The van der Waals surface area contributed by atoms with E-state index in [4.69, 9.17) is 21.1 Å². The summed E-state index contributed by atoms with van der Waals surface area (Å²) in [5, 5.41) is 10.9. The molecule has 5 aromatic rings. The van der Waals surface area contributed by atoms with Gasteiger partial charge in [-0.15, -0.1) is 23.1 Å². The highest BCUT2D eigenvalue weighted by molar-refractivity contribution is 8.00. The van der Waals surface area contributed by atoms with Crippen molar-refractivity contribution in [1.29, 1.82) is 0 Å². The molecule has 3 N–H and O–H groups in total. The van der Waals surface area contributed by atoms with Crippen molar-refractivity contribution >= 4 is 69.3 Å². The maximum Gasteiger partial charge on any atom is 0.272 e. The number of halogens is 1. The van der Waals surface area contributed by atoms with Gasteiger partial charge in [0, 0.05) is 32.1 Å². The molecule has 0 spiro atoms. The minimum atomic E-state index is -0.537. The largest absolute Gasteiger partial charge is 0.493 e. The predicted octanol–water partition coefficient (Wildman–Crippen LogP) is 8.40. The second-order valence-electron chi connectivity index (χ2n) is 10.5. The second-order valence-corrected chi connectivity index (χ2v) is 13.0. The normalized spacial score (nSPS) is 11.7. The molecule has 3 amide bonds. The minimum Gasteiger partial charge on any atom is -0.493 e. The van der Waals surface area contributed by atoms with Crippen LogP contribution in [0.15, 0.2) is 113 Å². The van der Waals surface area contributed by atoms with Crippen LogP contribution in [0, 0.1) is 0 Å². The summed E-state index contributed by atoms with van der Waals surface area (Å²) in [5.41, 5.74) is 3.01. The number of thioether (sulfide) groups is 1. The monoisotopic (exact) mass is 712 g/mol. The lowest BCUT2D eigenvalue weighted by atomic mass is 10.1. The van der Waals surface area contributed by atoms with Crippen LogP contribution in [0.4, 0.5) is 10.8 Å². The van der Waals surface area contributed by atoms with Crippen LogP contribution >= 0.6 is 34.7 Å². The summed E-state index contributed by atoms with van der Waals surface area (Å²) >= 11 is 9.06. The molecule has 0 aliphatic rings. The van der Waals surface area contributed by atoms with Gasteiger partial charge < -0.3 is 25.4 Å². The Bertz CT molecular complexity index is 1980. The Balaban J connectivity index is 1.27. The number of thiazole rings is 1. The highest BCUT2D eigenvalue weighted by atomic mass is 35.5. The molecule has 12 heteroatoms. The molecule has 1 heterocycles. The van der Waals surface area contributed by atoms with Gasteiger partial charge in [0.2, 0.25) is 5.91 Å². The number of methoxy groups -OCH3 is 2. The van der Waals surface area contributed by atoms with Crippen LogP contribution < -0.4 is 25.4 Å². The van der Waals surface area contributed by atoms with Crippen molar-refractivity contribution in [2.75, 3.05) is 24.9 Å². The molecule has 0 aliphatic heterocycles. The molecule has 0 radical (unpaired) electrons. The molecule has 250 valence electrons. The number of nitrogens with one attached hydrogen (secondary N) is 3. The molecule has 4 aromatic carbocycles. The Labute approximate surface area is 297 Å². The minimum absolute atomic E-state index is 0.0155. The summed E-state index contributed by atoms with van der Waals surface area (Å²) in [6.07, 6.45) is 2.08. The topological polar surface area (TPSA) is 119 Å². The molecule has 0 bridgehead atoms. The molecule has 49 heavy (non-hydrogen) atoms. The fourth-order valence-corrected chi connectivity index (χ4v) is 6.59. The van der Waals surface area contributed by atoms with Gasteiger partial charge in [0.15, 0.2) is 16.6 Å². The van der Waals surface area contributed by atoms with Gasteiger partial charge in [-0.25, -0.2) is 4.98 Å². The first kappa shape index (κ1) is 35.2. The van der Waals surface area contributed by atoms with Gasteiger partial charge in [0.1, 0.15) is 5.70 Å². The van der Waals surface area contributed by atoms with E-state index >= 15 is 0 Å². The zero-order valence-corrected chi connectivity index (χ0v) is 29.2. The number of hydrogen-bond donors (Lipinski definition) is 3. The smallest absolute Gasteiger partial charge is 0.272 e. The number of rotatable bonds is 13. The lowest BCUT2D eigenvalue weighted by Gasteiger charge is -2.15. The SMILES string of the molecule is CCC(Sc1cccc(NC(=O)/C(=C\c2ccccc2Cl)NC(=O)c2ccccc2)c1)C(=O)Nc1nc(-c2ccc(OC)c(OC)c2)cs1. The fraction of sp³-hybridized carbons (Fsp3) is 0.135. The number of anilines is 2. The van der Waals surface area contributed by atoms with Crippen molar-refractivity contribution in [2.45, 2.75) is 23.5 Å². The average Bonchev–Trinajstić information content (AvgIpc) is 3.59. The van der Waals surface area contributed by atoms with Gasteiger partial charge in [0.05, 0.1) is 25.2 Å². The molecule has 0 saturated heterocycles. The number of ether oxygens (including phenoxy) is 2. The van der Waals surface area contributed by atoms with E-state index < -0.39 is 17.1 Å². The third kappa shape index (κ3) is 9.29. The highest BCUT2D eigenvalue weighted by Crippen LogP contribution is 2.34. The zero-order valence-electron chi connectivity index (χ0n) is 26.9. The fourth-order valence-electron chi connectivity index (χ4n) is 4.67. The van der Waals surface area contributed by atoms with E-state index in [2.05, 4.69) is 20.9 Å². The Morgan fingerprint density at radius 3 is 2.39 bits per heavy atom. The van der Waals surface area contributed by atoms with Crippen LogP contribution in [-0.2, 0) is 9.59 Å². The Morgan fingerprint density at radius 1 is 0.898 bits per heavy atom. The van der Waals surface area contributed by atoms with Gasteiger partial charge in [0.25, 0.3) is 11.8 Å². The van der Waals surface area contributed by atoms with E-state index in [0.29, 0.717) is 50.6 Å². The predicted molar refractivity (Wildman–Crippen MR) is 198 cm³/mol. The van der Waals surface area contributed by atoms with Crippen molar-refractivity contribution in [2.24, 2.45) is 0 Å². The van der Waals surface area contributed by atoms with Crippen LogP contribution in [0.25, 0.3) is 17.3 Å². The van der Waals surface area contributed by atoms with Crippen LogP contribution in [0.1, 0.15) is 29.3 Å².